The quantitative estimate of drug-likeness (QED) is 0.342. The van der Waals surface area contributed by atoms with Crippen LogP contribution in [0.15, 0.2) is 57.9 Å². The Labute approximate surface area is 228 Å². The molecule has 1 atom stereocenters. The van der Waals surface area contributed by atoms with E-state index in [1.165, 1.54) is 36.5 Å². The van der Waals surface area contributed by atoms with Gasteiger partial charge in [-0.1, -0.05) is 12.1 Å². The van der Waals surface area contributed by atoms with Gasteiger partial charge in [0.25, 0.3) is 5.91 Å². The molecule has 2 heterocycles. The summed E-state index contributed by atoms with van der Waals surface area (Å²) in [6.45, 7) is 1.75. The first-order chi connectivity index (χ1) is 18.8. The number of aromatic nitrogens is 1. The van der Waals surface area contributed by atoms with E-state index >= 15 is 0 Å². The molecule has 13 heteroatoms. The Morgan fingerprint density at radius 2 is 1.85 bits per heavy atom. The minimum Gasteiger partial charge on any atom is -0.463 e. The van der Waals surface area contributed by atoms with Crippen LogP contribution in [0.4, 0.5) is 33.9 Å². The summed E-state index contributed by atoms with van der Waals surface area (Å²) in [6.07, 6.45) is 0.359. The summed E-state index contributed by atoms with van der Waals surface area (Å²) in [6, 6.07) is 8.94. The number of rotatable bonds is 5. The molecule has 1 fully saturated rings. The molecule has 1 saturated heterocycles. The molecule has 0 radical (unpaired) electrons. The molecule has 2 amide bonds. The molecule has 1 aliphatic heterocycles. The molecule has 4 rings (SSSR count). The number of alkyl halides is 2. The number of carboxylic acid groups (broad SMARTS) is 1. The Morgan fingerprint density at radius 1 is 1.10 bits per heavy atom. The molecular weight excluding hydrogens is 552 g/mol. The van der Waals surface area contributed by atoms with Gasteiger partial charge in [0.1, 0.15) is 5.82 Å². The van der Waals surface area contributed by atoms with Crippen LogP contribution < -0.4 is 10.2 Å². The van der Waals surface area contributed by atoms with E-state index in [2.05, 4.69) is 14.7 Å². The molecule has 40 heavy (non-hydrogen) atoms. The Bertz CT molecular complexity index is 1610. The monoisotopic (exact) mass is 578 g/mol. The Kier molecular flexibility index (Phi) is 8.15. The summed E-state index contributed by atoms with van der Waals surface area (Å²) < 4.78 is 71.8. The van der Waals surface area contributed by atoms with Gasteiger partial charge in [-0.15, -0.1) is 4.36 Å². The fourth-order valence-corrected chi connectivity index (χ4v) is 5.62. The van der Waals surface area contributed by atoms with Crippen molar-refractivity contribution in [1.29, 1.82) is 0 Å². The van der Waals surface area contributed by atoms with Crippen LogP contribution in [0.25, 0.3) is 11.1 Å². The number of amides is 2. The van der Waals surface area contributed by atoms with E-state index in [0.29, 0.717) is 11.1 Å². The fourth-order valence-electron chi connectivity index (χ4n) is 4.54. The van der Waals surface area contributed by atoms with E-state index in [0.717, 1.165) is 18.4 Å². The number of anilines is 2. The highest BCUT2D eigenvalue weighted by Crippen LogP contribution is 2.35. The fraction of sp³-hybridized carbons (Fsp3) is 0.296. The number of nitrogens with one attached hydrogen (secondary N) is 1. The van der Waals surface area contributed by atoms with Crippen LogP contribution in [0.5, 0.6) is 0 Å². The number of benzene rings is 2. The standard InChI is InChI=1S/C27H26F4N4O4S/c1-16-20(17-7-8-21(28)22(29)13-17)15-32-24(35-11-4-9-27(30,31)10-12-35)23(16)25(36)33-18-5-3-6-19(14-18)40(2,39)34-26(37)38/h3,5-8,13-15H,4,9-12H2,1-2H3,(H,33,36)(H,37,38). The maximum Gasteiger partial charge on any atom is 0.439 e. The van der Waals surface area contributed by atoms with Crippen molar-refractivity contribution in [2.75, 3.05) is 29.6 Å². The lowest BCUT2D eigenvalue weighted by molar-refractivity contribution is -0.0102. The highest BCUT2D eigenvalue weighted by Gasteiger charge is 2.33. The van der Waals surface area contributed by atoms with Crippen LogP contribution in [0.1, 0.15) is 35.2 Å². The van der Waals surface area contributed by atoms with Gasteiger partial charge in [0.15, 0.2) is 11.6 Å². The minimum absolute atomic E-state index is 0.0327. The van der Waals surface area contributed by atoms with Crippen molar-refractivity contribution in [2.45, 2.75) is 37.0 Å². The molecule has 2 aromatic carbocycles. The van der Waals surface area contributed by atoms with Crippen LogP contribution in [0.3, 0.4) is 0 Å². The highest BCUT2D eigenvalue weighted by molar-refractivity contribution is 7.93. The first-order valence-electron chi connectivity index (χ1n) is 12.2. The molecule has 0 spiro atoms. The largest absolute Gasteiger partial charge is 0.463 e. The molecule has 0 bridgehead atoms. The maximum atomic E-state index is 14.1. The lowest BCUT2D eigenvalue weighted by Gasteiger charge is -2.26. The van der Waals surface area contributed by atoms with E-state index < -0.39 is 45.7 Å². The van der Waals surface area contributed by atoms with Gasteiger partial charge in [-0.25, -0.2) is 31.5 Å². The van der Waals surface area contributed by atoms with Crippen molar-refractivity contribution in [1.82, 2.24) is 4.98 Å². The number of nitrogens with zero attached hydrogens (tertiary/aromatic N) is 3. The second-order valence-corrected chi connectivity index (χ2v) is 11.7. The Hall–Kier alpha value is -4.00. The summed E-state index contributed by atoms with van der Waals surface area (Å²) in [5.74, 6) is -5.53. The average Bonchev–Trinajstić information content (AvgIpc) is 3.05. The van der Waals surface area contributed by atoms with Crippen LogP contribution >= 0.6 is 0 Å². The van der Waals surface area contributed by atoms with Gasteiger partial charge < -0.3 is 15.3 Å². The number of hydrogen-bond donors (Lipinski definition) is 2. The van der Waals surface area contributed by atoms with Crippen molar-refractivity contribution in [3.8, 4) is 11.1 Å². The van der Waals surface area contributed by atoms with E-state index in [9.17, 15) is 31.4 Å². The molecule has 3 aromatic rings. The molecule has 8 nitrogen and oxygen atoms in total. The number of carbonyl (C=O) groups is 2. The summed E-state index contributed by atoms with van der Waals surface area (Å²) in [5, 5.41) is 11.6. The van der Waals surface area contributed by atoms with Crippen molar-refractivity contribution < 1.29 is 36.5 Å². The van der Waals surface area contributed by atoms with E-state index in [1.54, 1.807) is 11.8 Å². The zero-order chi connectivity index (χ0) is 29.2. The van der Waals surface area contributed by atoms with Crippen molar-refractivity contribution in [3.63, 3.8) is 0 Å². The van der Waals surface area contributed by atoms with Gasteiger partial charge >= 0.3 is 6.09 Å². The van der Waals surface area contributed by atoms with E-state index in [4.69, 9.17) is 5.11 Å². The second kappa shape index (κ2) is 11.2. The van der Waals surface area contributed by atoms with Crippen molar-refractivity contribution in [2.24, 2.45) is 4.36 Å². The van der Waals surface area contributed by atoms with Crippen LogP contribution in [-0.2, 0) is 9.73 Å². The summed E-state index contributed by atoms with van der Waals surface area (Å²) >= 11 is 0. The summed E-state index contributed by atoms with van der Waals surface area (Å²) in [4.78, 5) is 30.8. The second-order valence-electron chi connectivity index (χ2n) is 9.48. The zero-order valence-electron chi connectivity index (χ0n) is 21.6. The van der Waals surface area contributed by atoms with Gasteiger partial charge in [-0.3, -0.25) is 4.79 Å². The number of halogens is 4. The number of hydrogen-bond acceptors (Lipinski definition) is 5. The van der Waals surface area contributed by atoms with E-state index in [1.807, 2.05) is 0 Å². The molecule has 1 unspecified atom stereocenters. The Balaban J connectivity index is 1.79. The average molecular weight is 579 g/mol. The Morgan fingerprint density at radius 3 is 2.55 bits per heavy atom. The van der Waals surface area contributed by atoms with Crippen LogP contribution in [0.2, 0.25) is 0 Å². The van der Waals surface area contributed by atoms with Crippen LogP contribution in [-0.4, -0.2) is 51.6 Å². The van der Waals surface area contributed by atoms with Crippen molar-refractivity contribution >= 4 is 33.2 Å². The molecule has 212 valence electrons. The van der Waals surface area contributed by atoms with E-state index in [-0.39, 0.29) is 53.5 Å². The van der Waals surface area contributed by atoms with Gasteiger partial charge in [0.2, 0.25) is 5.92 Å². The highest BCUT2D eigenvalue weighted by atomic mass is 32.2. The first-order valence-corrected chi connectivity index (χ1v) is 14.1. The SMILES string of the molecule is Cc1c(-c2ccc(F)c(F)c2)cnc(N2CCCC(F)(F)CC2)c1C(=O)Nc1cccc(S(C)(=O)=NC(=O)O)c1. The lowest BCUT2D eigenvalue weighted by atomic mass is 9.97. The zero-order valence-corrected chi connectivity index (χ0v) is 22.4. The summed E-state index contributed by atoms with van der Waals surface area (Å²) in [5.41, 5.74) is 1.14. The maximum absolute atomic E-state index is 14.1. The number of carbonyl (C=O) groups excluding carboxylic acids is 1. The smallest absolute Gasteiger partial charge is 0.439 e. The lowest BCUT2D eigenvalue weighted by Crippen LogP contribution is -2.30. The third kappa shape index (κ3) is 6.41. The molecule has 0 aliphatic carbocycles. The predicted octanol–water partition coefficient (Wildman–Crippen LogP) is 6.35. The topological polar surface area (TPSA) is 112 Å². The number of pyridine rings is 1. The third-order valence-electron chi connectivity index (χ3n) is 6.58. The van der Waals surface area contributed by atoms with Crippen LogP contribution in [0, 0.1) is 18.6 Å². The first kappa shape index (κ1) is 29.0. The summed E-state index contributed by atoms with van der Waals surface area (Å²) in [7, 11) is -3.31. The molecule has 2 N–H and O–H groups in total. The van der Waals surface area contributed by atoms with Gasteiger partial charge in [0, 0.05) is 54.5 Å². The molecular formula is C27H26F4N4O4S. The van der Waals surface area contributed by atoms with Gasteiger partial charge in [-0.05, 0) is 54.8 Å². The normalized spacial score (nSPS) is 16.5. The van der Waals surface area contributed by atoms with Gasteiger partial charge in [0.05, 0.1) is 15.3 Å². The molecule has 1 aromatic heterocycles. The predicted molar refractivity (Wildman–Crippen MR) is 143 cm³/mol. The van der Waals surface area contributed by atoms with Crippen molar-refractivity contribution in [3.05, 3.63) is 71.4 Å². The third-order valence-corrected chi connectivity index (χ3v) is 8.21. The van der Waals surface area contributed by atoms with Gasteiger partial charge in [-0.2, -0.15) is 0 Å². The molecule has 1 aliphatic rings. The molecule has 0 saturated carbocycles. The minimum atomic E-state index is -3.31.